The van der Waals surface area contributed by atoms with Gasteiger partial charge in [-0.3, -0.25) is 4.90 Å². The zero-order valence-corrected chi connectivity index (χ0v) is 11.8. The Morgan fingerprint density at radius 3 is 2.95 bits per heavy atom. The molecule has 2 aliphatic heterocycles. The van der Waals surface area contributed by atoms with Gasteiger partial charge in [0, 0.05) is 25.7 Å². The number of benzene rings is 1. The van der Waals surface area contributed by atoms with Crippen LogP contribution in [0.2, 0.25) is 0 Å². The van der Waals surface area contributed by atoms with Crippen LogP contribution >= 0.6 is 11.3 Å². The van der Waals surface area contributed by atoms with Crippen molar-refractivity contribution in [3.05, 3.63) is 40.6 Å². The summed E-state index contributed by atoms with van der Waals surface area (Å²) in [5.41, 5.74) is 1.39. The van der Waals surface area contributed by atoms with E-state index in [0.717, 1.165) is 36.9 Å². The van der Waals surface area contributed by atoms with Gasteiger partial charge in [-0.2, -0.15) is 11.3 Å². The molecule has 2 aromatic rings. The number of hydrogen-bond acceptors (Lipinski definition) is 5. The zero-order chi connectivity index (χ0) is 13.4. The lowest BCUT2D eigenvalue weighted by molar-refractivity contribution is 0.0145. The lowest BCUT2D eigenvalue weighted by Crippen LogP contribution is -2.52. The highest BCUT2D eigenvalue weighted by molar-refractivity contribution is 7.07. The lowest BCUT2D eigenvalue weighted by atomic mass is 10.1. The van der Waals surface area contributed by atoms with Gasteiger partial charge in [-0.15, -0.1) is 0 Å². The molecule has 0 radical (unpaired) electrons. The van der Waals surface area contributed by atoms with Gasteiger partial charge >= 0.3 is 0 Å². The third kappa shape index (κ3) is 2.34. The molecule has 0 amide bonds. The molecule has 1 aromatic heterocycles. The first-order chi connectivity index (χ1) is 9.87. The summed E-state index contributed by atoms with van der Waals surface area (Å²) < 4.78 is 16.6. The van der Waals surface area contributed by atoms with Crippen molar-refractivity contribution in [1.82, 2.24) is 4.90 Å². The number of likely N-dealkylation sites (tertiary alicyclic amines) is 1. The van der Waals surface area contributed by atoms with Crippen LogP contribution in [-0.4, -0.2) is 30.9 Å². The van der Waals surface area contributed by atoms with Gasteiger partial charge in [0.05, 0.1) is 0 Å². The summed E-state index contributed by atoms with van der Waals surface area (Å²) in [5, 5.41) is 4.32. The number of hydrogen-bond donors (Lipinski definition) is 0. The van der Waals surface area contributed by atoms with E-state index in [1.54, 1.807) is 11.3 Å². The van der Waals surface area contributed by atoms with E-state index in [2.05, 4.69) is 21.7 Å². The Balaban J connectivity index is 1.31. The largest absolute Gasteiger partial charge is 0.488 e. The van der Waals surface area contributed by atoms with E-state index in [0.29, 0.717) is 6.79 Å². The van der Waals surface area contributed by atoms with Crippen molar-refractivity contribution in [3.8, 4) is 17.2 Å². The number of fused-ring (bicyclic) bond motifs is 1. The Labute approximate surface area is 121 Å². The number of thiophene rings is 1. The topological polar surface area (TPSA) is 30.9 Å². The number of rotatable bonds is 4. The van der Waals surface area contributed by atoms with E-state index < -0.39 is 0 Å². The van der Waals surface area contributed by atoms with Crippen LogP contribution in [0.15, 0.2) is 35.0 Å². The molecule has 20 heavy (non-hydrogen) atoms. The summed E-state index contributed by atoms with van der Waals surface area (Å²) in [6.07, 6.45) is 0.272. The minimum atomic E-state index is 0.272. The summed E-state index contributed by atoms with van der Waals surface area (Å²) in [5.74, 6) is 2.43. The van der Waals surface area contributed by atoms with Crippen LogP contribution in [0.4, 0.5) is 0 Å². The summed E-state index contributed by atoms with van der Waals surface area (Å²) in [6, 6.07) is 7.93. The third-order valence-electron chi connectivity index (χ3n) is 3.56. The molecule has 0 spiro atoms. The predicted octanol–water partition coefficient (Wildman–Crippen LogP) is 2.74. The molecule has 104 valence electrons. The molecule has 4 nitrogen and oxygen atoms in total. The maximum atomic E-state index is 5.95. The van der Waals surface area contributed by atoms with Crippen LogP contribution in [0.5, 0.6) is 17.2 Å². The van der Waals surface area contributed by atoms with Crippen LogP contribution in [0.1, 0.15) is 5.56 Å². The number of ether oxygens (including phenoxy) is 3. The molecular formula is C15H15NO3S. The monoisotopic (exact) mass is 289 g/mol. The van der Waals surface area contributed by atoms with Crippen molar-refractivity contribution >= 4 is 11.3 Å². The van der Waals surface area contributed by atoms with Gasteiger partial charge in [0.25, 0.3) is 0 Å². The van der Waals surface area contributed by atoms with Gasteiger partial charge in [0.15, 0.2) is 11.5 Å². The highest BCUT2D eigenvalue weighted by atomic mass is 32.1. The molecule has 2 aliphatic rings. The van der Waals surface area contributed by atoms with E-state index >= 15 is 0 Å². The van der Waals surface area contributed by atoms with Crippen molar-refractivity contribution in [3.63, 3.8) is 0 Å². The Morgan fingerprint density at radius 1 is 1.20 bits per heavy atom. The Bertz CT molecular complexity index is 593. The van der Waals surface area contributed by atoms with E-state index in [9.17, 15) is 0 Å². The fourth-order valence-electron chi connectivity index (χ4n) is 2.51. The molecule has 1 fully saturated rings. The van der Waals surface area contributed by atoms with E-state index in [1.165, 1.54) is 5.56 Å². The molecule has 0 saturated carbocycles. The van der Waals surface area contributed by atoms with Crippen molar-refractivity contribution < 1.29 is 14.2 Å². The SMILES string of the molecule is c1cc(CN2CC(Oc3ccc4c(c3)OCO4)C2)cs1. The van der Waals surface area contributed by atoms with Crippen molar-refractivity contribution in [2.24, 2.45) is 0 Å². The maximum absolute atomic E-state index is 5.95. The van der Waals surface area contributed by atoms with E-state index in [-0.39, 0.29) is 6.10 Å². The lowest BCUT2D eigenvalue weighted by Gasteiger charge is -2.38. The molecule has 4 rings (SSSR count). The molecular weight excluding hydrogens is 274 g/mol. The minimum absolute atomic E-state index is 0.272. The van der Waals surface area contributed by atoms with Crippen molar-refractivity contribution in [2.45, 2.75) is 12.6 Å². The fraction of sp³-hybridized carbons (Fsp3) is 0.333. The fourth-order valence-corrected chi connectivity index (χ4v) is 3.17. The van der Waals surface area contributed by atoms with E-state index in [4.69, 9.17) is 14.2 Å². The van der Waals surface area contributed by atoms with Gasteiger partial charge in [0.2, 0.25) is 6.79 Å². The van der Waals surface area contributed by atoms with Crippen molar-refractivity contribution in [1.29, 1.82) is 0 Å². The summed E-state index contributed by atoms with van der Waals surface area (Å²) in [6.45, 7) is 3.27. The summed E-state index contributed by atoms with van der Waals surface area (Å²) >= 11 is 1.75. The zero-order valence-electron chi connectivity index (χ0n) is 11.0. The predicted molar refractivity (Wildman–Crippen MR) is 76.6 cm³/mol. The molecule has 0 unspecified atom stereocenters. The van der Waals surface area contributed by atoms with Gasteiger partial charge in [-0.05, 0) is 34.5 Å². The highest BCUT2D eigenvalue weighted by Crippen LogP contribution is 2.35. The maximum Gasteiger partial charge on any atom is 0.231 e. The molecule has 0 N–H and O–H groups in total. The van der Waals surface area contributed by atoms with Crippen LogP contribution in [0.25, 0.3) is 0 Å². The first kappa shape index (κ1) is 12.1. The first-order valence-corrected chi connectivity index (χ1v) is 7.61. The second-order valence-electron chi connectivity index (χ2n) is 5.08. The van der Waals surface area contributed by atoms with Crippen molar-refractivity contribution in [2.75, 3.05) is 19.9 Å². The normalized spacial score (nSPS) is 18.0. The van der Waals surface area contributed by atoms with Crippen LogP contribution in [0.3, 0.4) is 0 Å². The molecule has 1 aromatic carbocycles. The van der Waals surface area contributed by atoms with Crippen LogP contribution in [-0.2, 0) is 6.54 Å². The first-order valence-electron chi connectivity index (χ1n) is 6.66. The van der Waals surface area contributed by atoms with Crippen LogP contribution < -0.4 is 14.2 Å². The second-order valence-corrected chi connectivity index (χ2v) is 5.86. The standard InChI is InChI=1S/C15H15NO3S/c1-2-14-15(18-10-17-14)5-12(1)19-13-7-16(8-13)6-11-3-4-20-9-11/h1-5,9,13H,6-8,10H2. The summed E-state index contributed by atoms with van der Waals surface area (Å²) in [7, 11) is 0. The van der Waals surface area contributed by atoms with Gasteiger partial charge in [-0.25, -0.2) is 0 Å². The molecule has 0 bridgehead atoms. The molecule has 0 aliphatic carbocycles. The van der Waals surface area contributed by atoms with Gasteiger partial charge in [-0.1, -0.05) is 0 Å². The van der Waals surface area contributed by atoms with E-state index in [1.807, 2.05) is 18.2 Å². The molecule has 0 atom stereocenters. The molecule has 5 heteroatoms. The average molecular weight is 289 g/mol. The quantitative estimate of drug-likeness (QED) is 0.866. The van der Waals surface area contributed by atoms with Crippen LogP contribution in [0, 0.1) is 0 Å². The minimum Gasteiger partial charge on any atom is -0.488 e. The average Bonchev–Trinajstić information content (AvgIpc) is 3.06. The van der Waals surface area contributed by atoms with Gasteiger partial charge in [0.1, 0.15) is 11.9 Å². The van der Waals surface area contributed by atoms with Gasteiger partial charge < -0.3 is 14.2 Å². The number of nitrogens with zero attached hydrogens (tertiary/aromatic N) is 1. The Morgan fingerprint density at radius 2 is 2.10 bits per heavy atom. The Hall–Kier alpha value is -1.72. The second kappa shape index (κ2) is 5.00. The smallest absolute Gasteiger partial charge is 0.231 e. The summed E-state index contributed by atoms with van der Waals surface area (Å²) in [4.78, 5) is 2.39. The Kier molecular flexibility index (Phi) is 3.01. The highest BCUT2D eigenvalue weighted by Gasteiger charge is 2.28. The molecule has 1 saturated heterocycles. The molecule has 3 heterocycles. The third-order valence-corrected chi connectivity index (χ3v) is 4.29.